The van der Waals surface area contributed by atoms with Crippen molar-refractivity contribution in [1.29, 1.82) is 0 Å². The Kier molecular flexibility index (Phi) is 9.06. The third-order valence-electron chi connectivity index (χ3n) is 3.56. The van der Waals surface area contributed by atoms with E-state index >= 15 is 0 Å². The largest absolute Gasteiger partial charge is 0.352 e. The van der Waals surface area contributed by atoms with Crippen LogP contribution >= 0.6 is 0 Å². The average molecular weight is 358 g/mol. The molecule has 0 atom stereocenters. The van der Waals surface area contributed by atoms with Crippen molar-refractivity contribution in [2.75, 3.05) is 13.1 Å². The molecule has 2 aromatic carbocycles. The Morgan fingerprint density at radius 2 is 1.50 bits per heavy atom. The van der Waals surface area contributed by atoms with Gasteiger partial charge in [0, 0.05) is 18.7 Å². The Labute approximate surface area is 154 Å². The SMILES string of the molecule is CCCNC(=O)c1ccc(C)cc1F.CCNC(=O)c1ccc(C)cc1. The molecule has 2 amide bonds. The van der Waals surface area contributed by atoms with Gasteiger partial charge in [-0.1, -0.05) is 30.7 Å². The molecule has 4 nitrogen and oxygen atoms in total. The first-order valence-electron chi connectivity index (χ1n) is 8.78. The van der Waals surface area contributed by atoms with Gasteiger partial charge < -0.3 is 10.6 Å². The second kappa shape index (κ2) is 11.0. The van der Waals surface area contributed by atoms with E-state index in [1.165, 1.54) is 17.7 Å². The highest BCUT2D eigenvalue weighted by atomic mass is 19.1. The van der Waals surface area contributed by atoms with Crippen molar-refractivity contribution >= 4 is 11.8 Å². The molecule has 0 bridgehead atoms. The standard InChI is InChI=1S/C11H14FNO.C10H13NO/c1-3-6-13-11(14)9-5-4-8(2)7-10(9)12;1-3-11-10(12)9-6-4-8(2)5-7-9/h4-5,7H,3,6H2,1-2H3,(H,13,14);4-7H,3H2,1-2H3,(H,11,12). The summed E-state index contributed by atoms with van der Waals surface area (Å²) in [5.74, 6) is -0.805. The van der Waals surface area contributed by atoms with Crippen molar-refractivity contribution in [3.05, 3.63) is 70.5 Å². The van der Waals surface area contributed by atoms with E-state index in [1.54, 1.807) is 13.0 Å². The van der Waals surface area contributed by atoms with Gasteiger partial charge in [0.15, 0.2) is 0 Å². The van der Waals surface area contributed by atoms with Gasteiger partial charge in [0.1, 0.15) is 5.82 Å². The van der Waals surface area contributed by atoms with Crippen molar-refractivity contribution in [2.24, 2.45) is 0 Å². The molecular formula is C21H27FN2O2. The number of nitrogens with one attached hydrogen (secondary N) is 2. The lowest BCUT2D eigenvalue weighted by Gasteiger charge is -2.04. The maximum absolute atomic E-state index is 13.3. The normalized spacial score (nSPS) is 9.73. The number of halogens is 1. The molecule has 0 aliphatic carbocycles. The molecule has 2 aromatic rings. The third-order valence-corrected chi connectivity index (χ3v) is 3.56. The smallest absolute Gasteiger partial charge is 0.254 e. The average Bonchev–Trinajstić information content (AvgIpc) is 2.61. The van der Waals surface area contributed by atoms with Crippen molar-refractivity contribution in [2.45, 2.75) is 34.1 Å². The van der Waals surface area contributed by atoms with Gasteiger partial charge in [0.25, 0.3) is 11.8 Å². The lowest BCUT2D eigenvalue weighted by molar-refractivity contribution is 0.0943. The first kappa shape index (κ1) is 21.4. The highest BCUT2D eigenvalue weighted by Gasteiger charge is 2.10. The molecule has 2 rings (SSSR count). The molecule has 26 heavy (non-hydrogen) atoms. The van der Waals surface area contributed by atoms with Crippen LogP contribution in [-0.4, -0.2) is 24.9 Å². The summed E-state index contributed by atoms with van der Waals surface area (Å²) >= 11 is 0. The van der Waals surface area contributed by atoms with Crippen LogP contribution in [0.5, 0.6) is 0 Å². The number of amides is 2. The fraction of sp³-hybridized carbons (Fsp3) is 0.333. The van der Waals surface area contributed by atoms with Crippen molar-refractivity contribution in [1.82, 2.24) is 10.6 Å². The Morgan fingerprint density at radius 3 is 2.04 bits per heavy atom. The fourth-order valence-electron chi connectivity index (χ4n) is 2.11. The van der Waals surface area contributed by atoms with Gasteiger partial charge in [-0.3, -0.25) is 9.59 Å². The van der Waals surface area contributed by atoms with E-state index in [4.69, 9.17) is 0 Å². The van der Waals surface area contributed by atoms with Crippen LogP contribution in [-0.2, 0) is 0 Å². The zero-order valence-electron chi connectivity index (χ0n) is 15.9. The van der Waals surface area contributed by atoms with Gasteiger partial charge in [0.05, 0.1) is 5.56 Å². The maximum Gasteiger partial charge on any atom is 0.254 e. The molecule has 0 spiro atoms. The van der Waals surface area contributed by atoms with Gasteiger partial charge >= 0.3 is 0 Å². The zero-order valence-corrected chi connectivity index (χ0v) is 15.9. The van der Waals surface area contributed by atoms with Gasteiger partial charge in [-0.25, -0.2) is 4.39 Å². The predicted octanol–water partition coefficient (Wildman–Crippen LogP) is 4.02. The minimum Gasteiger partial charge on any atom is -0.352 e. The van der Waals surface area contributed by atoms with E-state index in [1.807, 2.05) is 45.0 Å². The highest BCUT2D eigenvalue weighted by molar-refractivity contribution is 5.94. The number of rotatable bonds is 5. The van der Waals surface area contributed by atoms with E-state index in [-0.39, 0.29) is 17.4 Å². The van der Waals surface area contributed by atoms with Crippen LogP contribution in [0.1, 0.15) is 52.1 Å². The van der Waals surface area contributed by atoms with Crippen LogP contribution in [0.3, 0.4) is 0 Å². The summed E-state index contributed by atoms with van der Waals surface area (Å²) in [6, 6.07) is 12.1. The first-order valence-corrected chi connectivity index (χ1v) is 8.78. The second-order valence-electron chi connectivity index (χ2n) is 5.96. The minimum atomic E-state index is -0.460. The van der Waals surface area contributed by atoms with Crippen LogP contribution < -0.4 is 10.6 Å². The monoisotopic (exact) mass is 358 g/mol. The molecule has 2 N–H and O–H groups in total. The fourth-order valence-corrected chi connectivity index (χ4v) is 2.11. The zero-order chi connectivity index (χ0) is 19.5. The molecule has 0 heterocycles. The summed E-state index contributed by atoms with van der Waals surface area (Å²) in [5, 5.41) is 5.37. The molecular weight excluding hydrogens is 331 g/mol. The van der Waals surface area contributed by atoms with Crippen LogP contribution in [0.25, 0.3) is 0 Å². The van der Waals surface area contributed by atoms with Crippen LogP contribution in [0, 0.1) is 19.7 Å². The Morgan fingerprint density at radius 1 is 0.885 bits per heavy atom. The second-order valence-corrected chi connectivity index (χ2v) is 5.96. The topological polar surface area (TPSA) is 58.2 Å². The quantitative estimate of drug-likeness (QED) is 0.848. The number of aryl methyl sites for hydroxylation is 2. The number of carbonyl (C=O) groups is 2. The van der Waals surface area contributed by atoms with E-state index in [2.05, 4.69) is 10.6 Å². The molecule has 0 saturated heterocycles. The Bertz CT molecular complexity index is 727. The van der Waals surface area contributed by atoms with Crippen molar-refractivity contribution < 1.29 is 14.0 Å². The lowest BCUT2D eigenvalue weighted by atomic mass is 10.1. The lowest BCUT2D eigenvalue weighted by Crippen LogP contribution is -2.24. The molecule has 0 unspecified atom stereocenters. The van der Waals surface area contributed by atoms with Crippen LogP contribution in [0.15, 0.2) is 42.5 Å². The summed E-state index contributed by atoms with van der Waals surface area (Å²) in [4.78, 5) is 22.6. The molecule has 0 aliphatic heterocycles. The third kappa shape index (κ3) is 7.05. The molecule has 5 heteroatoms. The summed E-state index contributed by atoms with van der Waals surface area (Å²) < 4.78 is 13.3. The van der Waals surface area contributed by atoms with E-state index < -0.39 is 5.82 Å². The van der Waals surface area contributed by atoms with Gasteiger partial charge in [-0.2, -0.15) is 0 Å². The minimum absolute atomic E-state index is 0.00231. The van der Waals surface area contributed by atoms with E-state index in [9.17, 15) is 14.0 Å². The van der Waals surface area contributed by atoms with E-state index in [0.29, 0.717) is 13.1 Å². The Balaban J connectivity index is 0.000000263. The molecule has 0 aliphatic rings. The summed E-state index contributed by atoms with van der Waals surface area (Å²) in [6.45, 7) is 8.90. The number of carbonyl (C=O) groups excluding carboxylic acids is 2. The van der Waals surface area contributed by atoms with Gasteiger partial charge in [-0.05, 0) is 57.0 Å². The molecule has 140 valence electrons. The summed E-state index contributed by atoms with van der Waals surface area (Å²) in [7, 11) is 0. The molecule has 0 aromatic heterocycles. The maximum atomic E-state index is 13.3. The summed E-state index contributed by atoms with van der Waals surface area (Å²) in [5.41, 5.74) is 2.82. The number of benzene rings is 2. The van der Waals surface area contributed by atoms with Crippen molar-refractivity contribution in [3.63, 3.8) is 0 Å². The van der Waals surface area contributed by atoms with Crippen LogP contribution in [0.2, 0.25) is 0 Å². The molecule has 0 fully saturated rings. The molecule has 0 saturated carbocycles. The predicted molar refractivity (Wildman–Crippen MR) is 103 cm³/mol. The number of hydrogen-bond acceptors (Lipinski definition) is 2. The van der Waals surface area contributed by atoms with E-state index in [0.717, 1.165) is 17.5 Å². The Hall–Kier alpha value is -2.69. The highest BCUT2D eigenvalue weighted by Crippen LogP contribution is 2.09. The van der Waals surface area contributed by atoms with Crippen LogP contribution in [0.4, 0.5) is 4.39 Å². The van der Waals surface area contributed by atoms with Gasteiger partial charge in [0.2, 0.25) is 0 Å². The van der Waals surface area contributed by atoms with Gasteiger partial charge in [-0.15, -0.1) is 0 Å². The summed E-state index contributed by atoms with van der Waals surface area (Å²) in [6.07, 6.45) is 0.846. The first-order chi connectivity index (χ1) is 12.4. The molecule has 0 radical (unpaired) electrons. The number of hydrogen-bond donors (Lipinski definition) is 2. The van der Waals surface area contributed by atoms with Crippen molar-refractivity contribution in [3.8, 4) is 0 Å².